The molecule has 0 saturated carbocycles. The molecular formula is C22H19ClN2O3S. The van der Waals surface area contributed by atoms with Gasteiger partial charge in [0, 0.05) is 10.4 Å². The second kappa shape index (κ2) is 8.88. The SMILES string of the molecule is O=c1c2ccccc2c(-c2cccs2)nn1C[C@@H](O)COCc1ccccc1Cl. The monoisotopic (exact) mass is 426 g/mol. The summed E-state index contributed by atoms with van der Waals surface area (Å²) in [4.78, 5) is 13.8. The minimum atomic E-state index is -0.875. The molecule has 29 heavy (non-hydrogen) atoms. The lowest BCUT2D eigenvalue weighted by molar-refractivity contribution is 0.0182. The van der Waals surface area contributed by atoms with Crippen LogP contribution in [0.4, 0.5) is 0 Å². The third-order valence-corrected chi connectivity index (χ3v) is 5.78. The molecule has 2 aromatic heterocycles. The summed E-state index contributed by atoms with van der Waals surface area (Å²) in [6.07, 6.45) is -0.875. The average molecular weight is 427 g/mol. The molecule has 0 amide bonds. The zero-order chi connectivity index (χ0) is 20.2. The summed E-state index contributed by atoms with van der Waals surface area (Å²) >= 11 is 7.67. The number of thiophene rings is 1. The molecule has 1 N–H and O–H groups in total. The predicted molar refractivity (Wildman–Crippen MR) is 116 cm³/mol. The average Bonchev–Trinajstić information content (AvgIpc) is 3.26. The molecule has 0 spiro atoms. The number of aromatic nitrogens is 2. The van der Waals surface area contributed by atoms with Crippen LogP contribution >= 0.6 is 22.9 Å². The molecule has 0 aliphatic heterocycles. The number of ether oxygens (including phenoxy) is 1. The van der Waals surface area contributed by atoms with Gasteiger partial charge in [0.1, 0.15) is 5.69 Å². The van der Waals surface area contributed by atoms with Crippen LogP contribution in [0.5, 0.6) is 0 Å². The Kier molecular flexibility index (Phi) is 6.06. The first kappa shape index (κ1) is 19.8. The Balaban J connectivity index is 1.54. The highest BCUT2D eigenvalue weighted by Crippen LogP contribution is 2.28. The summed E-state index contributed by atoms with van der Waals surface area (Å²) in [5.41, 5.74) is 1.35. The topological polar surface area (TPSA) is 64.4 Å². The largest absolute Gasteiger partial charge is 0.389 e. The molecule has 0 aliphatic rings. The van der Waals surface area contributed by atoms with Crippen molar-refractivity contribution in [3.63, 3.8) is 0 Å². The van der Waals surface area contributed by atoms with Gasteiger partial charge in [0.05, 0.1) is 36.1 Å². The molecule has 2 heterocycles. The van der Waals surface area contributed by atoms with Gasteiger partial charge >= 0.3 is 0 Å². The van der Waals surface area contributed by atoms with Crippen molar-refractivity contribution in [2.45, 2.75) is 19.3 Å². The van der Waals surface area contributed by atoms with Gasteiger partial charge in [-0.25, -0.2) is 4.68 Å². The van der Waals surface area contributed by atoms with Crippen LogP contribution in [-0.4, -0.2) is 27.6 Å². The van der Waals surface area contributed by atoms with Crippen LogP contribution in [0.2, 0.25) is 5.02 Å². The van der Waals surface area contributed by atoms with Gasteiger partial charge in [0.25, 0.3) is 5.56 Å². The van der Waals surface area contributed by atoms with E-state index in [1.807, 2.05) is 53.9 Å². The summed E-state index contributed by atoms with van der Waals surface area (Å²) in [6, 6.07) is 18.7. The second-order valence-corrected chi connectivity index (χ2v) is 7.97. The summed E-state index contributed by atoms with van der Waals surface area (Å²) in [6.45, 7) is 0.405. The van der Waals surface area contributed by atoms with Gasteiger partial charge in [-0.1, -0.05) is 54.1 Å². The first-order valence-electron chi connectivity index (χ1n) is 9.16. The van der Waals surface area contributed by atoms with Crippen molar-refractivity contribution in [3.8, 4) is 10.6 Å². The number of halogens is 1. The Labute approximate surface area is 176 Å². The van der Waals surface area contributed by atoms with E-state index in [0.717, 1.165) is 21.5 Å². The number of benzene rings is 2. The van der Waals surface area contributed by atoms with E-state index in [1.165, 1.54) is 4.68 Å². The normalized spacial score (nSPS) is 12.3. The maximum absolute atomic E-state index is 12.9. The molecule has 4 aromatic rings. The fourth-order valence-electron chi connectivity index (χ4n) is 3.13. The third-order valence-electron chi connectivity index (χ3n) is 4.53. The fourth-order valence-corrected chi connectivity index (χ4v) is 4.04. The van der Waals surface area contributed by atoms with Gasteiger partial charge in [0.15, 0.2) is 0 Å². The van der Waals surface area contributed by atoms with Crippen LogP contribution < -0.4 is 5.56 Å². The first-order chi connectivity index (χ1) is 14.1. The maximum atomic E-state index is 12.9. The Morgan fingerprint density at radius 3 is 2.59 bits per heavy atom. The Morgan fingerprint density at radius 2 is 1.83 bits per heavy atom. The van der Waals surface area contributed by atoms with Gasteiger partial charge in [-0.05, 0) is 29.1 Å². The Hall–Kier alpha value is -2.51. The van der Waals surface area contributed by atoms with E-state index in [0.29, 0.717) is 10.4 Å². The molecule has 0 aliphatic carbocycles. The van der Waals surface area contributed by atoms with Crippen LogP contribution in [0.1, 0.15) is 5.56 Å². The highest BCUT2D eigenvalue weighted by atomic mass is 35.5. The molecule has 148 valence electrons. The number of fused-ring (bicyclic) bond motifs is 1. The van der Waals surface area contributed by atoms with Gasteiger partial charge < -0.3 is 9.84 Å². The van der Waals surface area contributed by atoms with Crippen LogP contribution in [0, 0.1) is 0 Å². The summed E-state index contributed by atoms with van der Waals surface area (Å²) in [7, 11) is 0. The number of aliphatic hydroxyl groups is 1. The minimum Gasteiger partial charge on any atom is -0.389 e. The van der Waals surface area contributed by atoms with E-state index < -0.39 is 6.10 Å². The van der Waals surface area contributed by atoms with Crippen LogP contribution in [0.3, 0.4) is 0 Å². The molecule has 0 unspecified atom stereocenters. The molecule has 2 aromatic carbocycles. The number of hydrogen-bond donors (Lipinski definition) is 1. The zero-order valence-corrected chi connectivity index (χ0v) is 17.1. The van der Waals surface area contributed by atoms with Crippen LogP contribution in [0.25, 0.3) is 21.3 Å². The lowest BCUT2D eigenvalue weighted by atomic mass is 10.1. The van der Waals surface area contributed by atoms with Crippen LogP contribution in [-0.2, 0) is 17.9 Å². The lowest BCUT2D eigenvalue weighted by Crippen LogP contribution is -2.31. The molecule has 1 atom stereocenters. The maximum Gasteiger partial charge on any atom is 0.274 e. The van der Waals surface area contributed by atoms with Crippen molar-refractivity contribution in [1.82, 2.24) is 9.78 Å². The van der Waals surface area contributed by atoms with Crippen molar-refractivity contribution in [2.24, 2.45) is 0 Å². The lowest BCUT2D eigenvalue weighted by Gasteiger charge is -2.15. The molecule has 4 rings (SSSR count). The summed E-state index contributed by atoms with van der Waals surface area (Å²) in [5.74, 6) is 0. The fraction of sp³-hybridized carbons (Fsp3) is 0.182. The van der Waals surface area contributed by atoms with E-state index in [1.54, 1.807) is 23.5 Å². The highest BCUT2D eigenvalue weighted by Gasteiger charge is 2.15. The zero-order valence-electron chi connectivity index (χ0n) is 15.5. The van der Waals surface area contributed by atoms with E-state index in [4.69, 9.17) is 16.3 Å². The summed E-state index contributed by atoms with van der Waals surface area (Å²) in [5, 5.41) is 18.9. The molecule has 7 heteroatoms. The standard InChI is InChI=1S/C22H19ClN2O3S/c23-19-9-4-1-6-15(19)13-28-14-16(26)12-25-22(27)18-8-3-2-7-17(18)21(24-25)20-10-5-11-29-20/h1-11,16,26H,12-14H2/t16-/m1/s1. The van der Waals surface area contributed by atoms with Crippen molar-refractivity contribution in [2.75, 3.05) is 6.61 Å². The second-order valence-electron chi connectivity index (χ2n) is 6.62. The van der Waals surface area contributed by atoms with E-state index in [2.05, 4.69) is 5.10 Å². The Morgan fingerprint density at radius 1 is 1.07 bits per heavy atom. The summed E-state index contributed by atoms with van der Waals surface area (Å²) < 4.78 is 6.91. The molecule has 0 bridgehead atoms. The van der Waals surface area contributed by atoms with E-state index >= 15 is 0 Å². The van der Waals surface area contributed by atoms with Crippen molar-refractivity contribution in [3.05, 3.63) is 87.0 Å². The van der Waals surface area contributed by atoms with Crippen molar-refractivity contribution >= 4 is 33.7 Å². The molecule has 5 nitrogen and oxygen atoms in total. The van der Waals surface area contributed by atoms with Gasteiger partial charge in [0.2, 0.25) is 0 Å². The van der Waals surface area contributed by atoms with Gasteiger partial charge in [-0.2, -0.15) is 5.10 Å². The third kappa shape index (κ3) is 4.41. The minimum absolute atomic E-state index is 0.0462. The quantitative estimate of drug-likeness (QED) is 0.477. The predicted octanol–water partition coefficient (Wildman–Crippen LogP) is 4.36. The van der Waals surface area contributed by atoms with Gasteiger partial charge in [-0.3, -0.25) is 4.79 Å². The number of nitrogens with zero attached hydrogens (tertiary/aromatic N) is 2. The van der Waals surface area contributed by atoms with Crippen LogP contribution in [0.15, 0.2) is 70.8 Å². The number of hydrogen-bond acceptors (Lipinski definition) is 5. The Bertz CT molecular complexity index is 1170. The van der Waals surface area contributed by atoms with E-state index in [-0.39, 0.29) is 25.3 Å². The van der Waals surface area contributed by atoms with Crippen molar-refractivity contribution < 1.29 is 9.84 Å². The first-order valence-corrected chi connectivity index (χ1v) is 10.4. The van der Waals surface area contributed by atoms with E-state index in [9.17, 15) is 9.90 Å². The molecule has 0 saturated heterocycles. The molecular weight excluding hydrogens is 408 g/mol. The number of rotatable bonds is 7. The molecule has 0 radical (unpaired) electrons. The highest BCUT2D eigenvalue weighted by molar-refractivity contribution is 7.13. The van der Waals surface area contributed by atoms with Gasteiger partial charge in [-0.15, -0.1) is 11.3 Å². The van der Waals surface area contributed by atoms with Crippen molar-refractivity contribution in [1.29, 1.82) is 0 Å². The molecule has 0 fully saturated rings. The number of aliphatic hydroxyl groups excluding tert-OH is 1. The smallest absolute Gasteiger partial charge is 0.274 e.